The summed E-state index contributed by atoms with van der Waals surface area (Å²) < 4.78 is 5.08. The van der Waals surface area contributed by atoms with Gasteiger partial charge in [0.2, 0.25) is 5.91 Å². The third kappa shape index (κ3) is 6.56. The van der Waals surface area contributed by atoms with Gasteiger partial charge in [0, 0.05) is 36.3 Å². The van der Waals surface area contributed by atoms with Crippen LogP contribution in [0, 0.1) is 0 Å². The maximum absolute atomic E-state index is 13.5. The van der Waals surface area contributed by atoms with Gasteiger partial charge in [-0.25, -0.2) is 4.79 Å². The molecule has 2 amide bonds. The second-order valence-electron chi connectivity index (χ2n) is 7.73. The Bertz CT molecular complexity index is 757. The minimum Gasteiger partial charge on any atom is -0.467 e. The fraction of sp³-hybridized carbons (Fsp3) is 0.591. The quantitative estimate of drug-likeness (QED) is 0.548. The molecule has 1 N–H and O–H groups in total. The molecular weight excluding hydrogens is 470 g/mol. The fourth-order valence-corrected chi connectivity index (χ4v) is 5.56. The standard InChI is InChI=1S/C22H31N3O4S2.ClH/c1-29-22(28)19(10-13-30-2)25(20(26)16-6-4-3-5-7-16)17-8-11-24(12-9-17)21(27)18-14-31-15-23-18;/h3-7,17-19,23H,8-15H2,1-2H3;1H/t18-,19-;/m0./s1. The van der Waals surface area contributed by atoms with E-state index in [1.54, 1.807) is 40.6 Å². The van der Waals surface area contributed by atoms with Crippen LogP contribution in [0.3, 0.4) is 0 Å². The third-order valence-electron chi connectivity index (χ3n) is 5.84. The number of likely N-dealkylation sites (tertiary alicyclic amines) is 1. The molecule has 2 fully saturated rings. The number of amides is 2. The minimum absolute atomic E-state index is 0. The van der Waals surface area contributed by atoms with Gasteiger partial charge >= 0.3 is 5.97 Å². The monoisotopic (exact) mass is 501 g/mol. The summed E-state index contributed by atoms with van der Waals surface area (Å²) in [5.41, 5.74) is 0.561. The zero-order valence-corrected chi connectivity index (χ0v) is 21.0. The van der Waals surface area contributed by atoms with Gasteiger partial charge in [-0.15, -0.1) is 24.2 Å². The first-order chi connectivity index (χ1) is 15.1. The molecule has 1 aromatic rings. The van der Waals surface area contributed by atoms with Crippen LogP contribution in [0.15, 0.2) is 30.3 Å². The van der Waals surface area contributed by atoms with Gasteiger partial charge in [0.1, 0.15) is 6.04 Å². The molecule has 0 bridgehead atoms. The zero-order valence-electron chi connectivity index (χ0n) is 18.5. The average molecular weight is 502 g/mol. The van der Waals surface area contributed by atoms with Gasteiger partial charge in [0.25, 0.3) is 5.91 Å². The third-order valence-corrected chi connectivity index (χ3v) is 7.43. The van der Waals surface area contributed by atoms with E-state index in [1.807, 2.05) is 29.4 Å². The maximum atomic E-state index is 13.5. The summed E-state index contributed by atoms with van der Waals surface area (Å²) in [6.45, 7) is 1.17. The highest BCUT2D eigenvalue weighted by Gasteiger charge is 2.39. The summed E-state index contributed by atoms with van der Waals surface area (Å²) >= 11 is 3.37. The van der Waals surface area contributed by atoms with E-state index in [1.165, 1.54) is 7.11 Å². The number of halogens is 1. The van der Waals surface area contributed by atoms with Crippen molar-refractivity contribution in [2.75, 3.05) is 43.8 Å². The fourth-order valence-electron chi connectivity index (χ4n) is 4.17. The Labute approximate surface area is 204 Å². The first-order valence-electron chi connectivity index (χ1n) is 10.6. The van der Waals surface area contributed by atoms with E-state index in [-0.39, 0.29) is 42.3 Å². The molecule has 2 saturated heterocycles. The van der Waals surface area contributed by atoms with Crippen LogP contribution in [0.4, 0.5) is 0 Å². The Morgan fingerprint density at radius 1 is 1.25 bits per heavy atom. The van der Waals surface area contributed by atoms with E-state index in [9.17, 15) is 14.4 Å². The largest absolute Gasteiger partial charge is 0.467 e. The van der Waals surface area contributed by atoms with Crippen molar-refractivity contribution in [3.8, 4) is 0 Å². The molecule has 10 heteroatoms. The number of rotatable bonds is 8. The topological polar surface area (TPSA) is 79.0 Å². The summed E-state index contributed by atoms with van der Waals surface area (Å²) in [5.74, 6) is 1.95. The normalized spacial score (nSPS) is 19.7. The molecule has 2 atom stereocenters. The average Bonchev–Trinajstić information content (AvgIpc) is 3.36. The van der Waals surface area contributed by atoms with E-state index in [2.05, 4.69) is 5.32 Å². The molecular formula is C22H32ClN3O4S2. The number of methoxy groups -OCH3 is 1. The number of thioether (sulfide) groups is 2. The van der Waals surface area contributed by atoms with Crippen LogP contribution in [-0.4, -0.2) is 89.5 Å². The number of nitrogens with zero attached hydrogens (tertiary/aromatic N) is 2. The van der Waals surface area contributed by atoms with Gasteiger partial charge in [-0.3, -0.25) is 14.9 Å². The minimum atomic E-state index is -0.634. The van der Waals surface area contributed by atoms with Crippen molar-refractivity contribution in [2.45, 2.75) is 37.4 Å². The molecule has 0 aromatic heterocycles. The lowest BCUT2D eigenvalue weighted by Crippen LogP contribution is -2.56. The second kappa shape index (κ2) is 13.3. The Morgan fingerprint density at radius 3 is 2.50 bits per heavy atom. The van der Waals surface area contributed by atoms with Crippen molar-refractivity contribution < 1.29 is 19.1 Å². The van der Waals surface area contributed by atoms with E-state index in [4.69, 9.17) is 4.74 Å². The van der Waals surface area contributed by atoms with Crippen LogP contribution in [0.5, 0.6) is 0 Å². The number of carbonyl (C=O) groups excluding carboxylic acids is 3. The molecule has 2 aliphatic rings. The van der Waals surface area contributed by atoms with E-state index >= 15 is 0 Å². The summed E-state index contributed by atoms with van der Waals surface area (Å²) in [4.78, 5) is 42.6. The smallest absolute Gasteiger partial charge is 0.328 e. The molecule has 0 radical (unpaired) electrons. The highest BCUT2D eigenvalue weighted by atomic mass is 35.5. The van der Waals surface area contributed by atoms with Crippen LogP contribution in [0.2, 0.25) is 0 Å². The Kier molecular flexibility index (Phi) is 11.2. The molecule has 2 heterocycles. The number of hydrogen-bond acceptors (Lipinski definition) is 7. The summed E-state index contributed by atoms with van der Waals surface area (Å²) in [5, 5.41) is 3.24. The van der Waals surface area contributed by atoms with Crippen LogP contribution in [0.1, 0.15) is 29.6 Å². The predicted octanol–water partition coefficient (Wildman–Crippen LogP) is 2.50. The summed E-state index contributed by atoms with van der Waals surface area (Å²) in [7, 11) is 1.37. The van der Waals surface area contributed by atoms with Gasteiger partial charge in [0.15, 0.2) is 0 Å². The number of piperidine rings is 1. The highest BCUT2D eigenvalue weighted by molar-refractivity contribution is 7.99. The van der Waals surface area contributed by atoms with E-state index in [0.717, 1.165) is 17.4 Å². The zero-order chi connectivity index (χ0) is 22.2. The lowest BCUT2D eigenvalue weighted by Gasteiger charge is -2.42. The molecule has 0 aliphatic carbocycles. The number of carbonyl (C=O) groups is 3. The lowest BCUT2D eigenvalue weighted by molar-refractivity contribution is -0.147. The first-order valence-corrected chi connectivity index (χ1v) is 13.2. The van der Waals surface area contributed by atoms with Crippen molar-refractivity contribution in [3.05, 3.63) is 35.9 Å². The maximum Gasteiger partial charge on any atom is 0.328 e. The molecule has 7 nitrogen and oxygen atoms in total. The summed E-state index contributed by atoms with van der Waals surface area (Å²) in [6, 6.07) is 8.21. The Balaban J connectivity index is 0.00000363. The van der Waals surface area contributed by atoms with E-state index in [0.29, 0.717) is 37.9 Å². The number of benzene rings is 1. The second-order valence-corrected chi connectivity index (χ2v) is 9.74. The first kappa shape index (κ1) is 26.8. The molecule has 3 rings (SSSR count). The molecule has 0 unspecified atom stereocenters. The van der Waals surface area contributed by atoms with Crippen molar-refractivity contribution in [1.82, 2.24) is 15.1 Å². The predicted molar refractivity (Wildman–Crippen MR) is 133 cm³/mol. The van der Waals surface area contributed by atoms with Gasteiger partial charge in [-0.05, 0) is 43.4 Å². The SMILES string of the molecule is COC(=O)[C@H](CCSC)N(C(=O)c1ccccc1)C1CCN(C(=O)[C@@H]2CSCN2)CC1.Cl. The van der Waals surface area contributed by atoms with Crippen molar-refractivity contribution in [2.24, 2.45) is 0 Å². The number of ether oxygens (including phenoxy) is 1. The molecule has 0 spiro atoms. The van der Waals surface area contributed by atoms with Gasteiger partial charge < -0.3 is 14.5 Å². The Hall–Kier alpha value is -1.42. The van der Waals surface area contributed by atoms with E-state index < -0.39 is 6.04 Å². The van der Waals surface area contributed by atoms with Crippen LogP contribution < -0.4 is 5.32 Å². The molecule has 1 aromatic carbocycles. The molecule has 32 heavy (non-hydrogen) atoms. The van der Waals surface area contributed by atoms with Crippen LogP contribution in [0.25, 0.3) is 0 Å². The van der Waals surface area contributed by atoms with Gasteiger partial charge in [-0.2, -0.15) is 11.8 Å². The number of esters is 1. The van der Waals surface area contributed by atoms with Crippen molar-refractivity contribution in [3.63, 3.8) is 0 Å². The van der Waals surface area contributed by atoms with Gasteiger partial charge in [0.05, 0.1) is 13.2 Å². The molecule has 0 saturated carbocycles. The van der Waals surface area contributed by atoms with Crippen LogP contribution >= 0.6 is 35.9 Å². The number of nitrogens with one attached hydrogen (secondary N) is 1. The molecule has 178 valence electrons. The van der Waals surface area contributed by atoms with Crippen LogP contribution in [-0.2, 0) is 14.3 Å². The highest BCUT2D eigenvalue weighted by Crippen LogP contribution is 2.25. The van der Waals surface area contributed by atoms with Crippen molar-refractivity contribution >= 4 is 53.7 Å². The van der Waals surface area contributed by atoms with Crippen molar-refractivity contribution in [1.29, 1.82) is 0 Å². The molecule has 2 aliphatic heterocycles. The summed E-state index contributed by atoms with van der Waals surface area (Å²) in [6.07, 6.45) is 3.82. The Morgan fingerprint density at radius 2 is 1.94 bits per heavy atom. The lowest BCUT2D eigenvalue weighted by atomic mass is 9.98. The van der Waals surface area contributed by atoms with Gasteiger partial charge in [-0.1, -0.05) is 18.2 Å². The number of hydrogen-bond donors (Lipinski definition) is 1.